The number of carbonyl (C=O) groups is 1. The molecule has 10 heteroatoms. The van der Waals surface area contributed by atoms with Crippen LogP contribution in [-0.2, 0) is 0 Å². The first kappa shape index (κ1) is 15.0. The number of hydrogen-bond acceptors (Lipinski definition) is 8. The molecular weight excluding hydrogens is 348 g/mol. The van der Waals surface area contributed by atoms with Crippen molar-refractivity contribution in [2.75, 3.05) is 5.32 Å². The summed E-state index contributed by atoms with van der Waals surface area (Å²) in [7, 11) is 0. The van der Waals surface area contributed by atoms with Crippen molar-refractivity contribution in [2.45, 2.75) is 0 Å². The molecule has 0 saturated heterocycles. The number of nitrogens with zero attached hydrogens (tertiary/aromatic N) is 3. The summed E-state index contributed by atoms with van der Waals surface area (Å²) in [5.74, 6) is -0.0810. The Bertz CT molecular complexity index is 1060. The summed E-state index contributed by atoms with van der Waals surface area (Å²) >= 11 is 0.755. The molecule has 0 radical (unpaired) electrons. The second kappa shape index (κ2) is 5.83. The predicted molar refractivity (Wildman–Crippen MR) is 88.4 cm³/mol. The van der Waals surface area contributed by atoms with Crippen LogP contribution < -0.4 is 5.32 Å². The van der Waals surface area contributed by atoms with Crippen molar-refractivity contribution in [3.8, 4) is 11.7 Å². The summed E-state index contributed by atoms with van der Waals surface area (Å²) in [5.41, 5.74) is 0.673. The molecule has 124 valence electrons. The molecule has 0 atom stereocenters. The molecule has 1 aromatic carbocycles. The summed E-state index contributed by atoms with van der Waals surface area (Å²) in [4.78, 5) is 22.3. The predicted octanol–water partition coefficient (Wildman–Crippen LogP) is 3.70. The van der Waals surface area contributed by atoms with Gasteiger partial charge in [0.25, 0.3) is 11.8 Å². The van der Waals surface area contributed by atoms with Crippen molar-refractivity contribution in [1.29, 1.82) is 0 Å². The lowest BCUT2D eigenvalue weighted by Crippen LogP contribution is -2.10. The quantitative estimate of drug-likeness (QED) is 0.436. The molecule has 3 heterocycles. The van der Waals surface area contributed by atoms with E-state index >= 15 is 0 Å². The number of anilines is 1. The number of nitro groups is 1. The fourth-order valence-corrected chi connectivity index (χ4v) is 2.88. The maximum Gasteiger partial charge on any atom is 0.324 e. The minimum absolute atomic E-state index is 0.115. The van der Waals surface area contributed by atoms with E-state index < -0.39 is 10.8 Å². The van der Waals surface area contributed by atoms with Crippen LogP contribution in [0.25, 0.3) is 22.6 Å². The summed E-state index contributed by atoms with van der Waals surface area (Å²) in [5, 5.41) is 21.4. The van der Waals surface area contributed by atoms with E-state index in [1.165, 1.54) is 12.1 Å². The Labute approximate surface area is 143 Å². The van der Waals surface area contributed by atoms with E-state index in [1.807, 2.05) is 24.3 Å². The Morgan fingerprint density at radius 1 is 1.16 bits per heavy atom. The van der Waals surface area contributed by atoms with E-state index in [-0.39, 0.29) is 21.8 Å². The lowest BCUT2D eigenvalue weighted by atomic mass is 10.2. The Morgan fingerprint density at radius 3 is 2.76 bits per heavy atom. The van der Waals surface area contributed by atoms with E-state index in [4.69, 9.17) is 8.83 Å². The first-order chi connectivity index (χ1) is 12.1. The zero-order valence-electron chi connectivity index (χ0n) is 12.3. The van der Waals surface area contributed by atoms with Gasteiger partial charge in [-0.05, 0) is 18.2 Å². The number of rotatable bonds is 4. The van der Waals surface area contributed by atoms with Crippen molar-refractivity contribution >= 4 is 39.2 Å². The number of thiophene rings is 1. The van der Waals surface area contributed by atoms with Crippen LogP contribution in [0.1, 0.15) is 9.67 Å². The van der Waals surface area contributed by atoms with Crippen LogP contribution in [0.15, 0.2) is 51.3 Å². The van der Waals surface area contributed by atoms with Gasteiger partial charge in [0.15, 0.2) is 5.76 Å². The van der Waals surface area contributed by atoms with Gasteiger partial charge in [0, 0.05) is 11.5 Å². The standard InChI is InChI=1S/C15H8N4O5S/c20-13(11-5-6-12(25-11)19(21)22)16-15-18-17-14(24-15)10-7-8-3-1-2-4-9(8)23-10/h1-7H,(H,16,18,20). The van der Waals surface area contributed by atoms with Crippen LogP contribution in [0.2, 0.25) is 0 Å². The molecule has 4 rings (SSSR count). The number of benzene rings is 1. The summed E-state index contributed by atoms with van der Waals surface area (Å²) < 4.78 is 11.0. The molecule has 9 nitrogen and oxygen atoms in total. The lowest BCUT2D eigenvalue weighted by molar-refractivity contribution is -0.380. The van der Waals surface area contributed by atoms with Crippen LogP contribution >= 0.6 is 11.3 Å². The van der Waals surface area contributed by atoms with Crippen LogP contribution in [-0.4, -0.2) is 21.0 Å². The van der Waals surface area contributed by atoms with Gasteiger partial charge in [-0.15, -0.1) is 5.10 Å². The summed E-state index contributed by atoms with van der Waals surface area (Å²) in [6, 6.07) is 11.6. The molecule has 1 N–H and O–H groups in total. The Hall–Kier alpha value is -3.53. The minimum atomic E-state index is -0.571. The highest BCUT2D eigenvalue weighted by Gasteiger charge is 2.19. The molecule has 0 aliphatic rings. The van der Waals surface area contributed by atoms with Crippen molar-refractivity contribution in [3.05, 3.63) is 57.5 Å². The largest absolute Gasteiger partial charge is 0.451 e. The second-order valence-corrected chi connectivity index (χ2v) is 5.97. The Morgan fingerprint density at radius 2 is 2.00 bits per heavy atom. The summed E-state index contributed by atoms with van der Waals surface area (Å²) in [6.45, 7) is 0. The van der Waals surface area contributed by atoms with Crippen LogP contribution in [0.3, 0.4) is 0 Å². The highest BCUT2D eigenvalue weighted by atomic mass is 32.1. The molecule has 0 fully saturated rings. The molecule has 4 aromatic rings. The molecule has 0 aliphatic carbocycles. The van der Waals surface area contributed by atoms with Crippen LogP contribution in [0.4, 0.5) is 11.0 Å². The fraction of sp³-hybridized carbons (Fsp3) is 0. The third-order valence-corrected chi connectivity index (χ3v) is 4.31. The number of carbonyl (C=O) groups excluding carboxylic acids is 1. The van der Waals surface area contributed by atoms with E-state index in [9.17, 15) is 14.9 Å². The van der Waals surface area contributed by atoms with Gasteiger partial charge in [-0.3, -0.25) is 20.2 Å². The van der Waals surface area contributed by atoms with E-state index in [0.29, 0.717) is 11.3 Å². The number of furan rings is 1. The number of amides is 1. The number of nitrogens with one attached hydrogen (secondary N) is 1. The van der Waals surface area contributed by atoms with E-state index in [0.717, 1.165) is 16.7 Å². The first-order valence-electron chi connectivity index (χ1n) is 6.98. The van der Waals surface area contributed by atoms with Crippen molar-refractivity contribution in [2.24, 2.45) is 0 Å². The number of fused-ring (bicyclic) bond motifs is 1. The van der Waals surface area contributed by atoms with Gasteiger partial charge < -0.3 is 8.83 Å². The Kier molecular flexibility index (Phi) is 3.51. The number of para-hydroxylation sites is 1. The molecule has 1 amide bonds. The van der Waals surface area contributed by atoms with Gasteiger partial charge in [-0.2, -0.15) is 0 Å². The Balaban J connectivity index is 1.54. The third kappa shape index (κ3) is 2.85. The molecular formula is C15H8N4O5S. The first-order valence-corrected chi connectivity index (χ1v) is 7.80. The zero-order chi connectivity index (χ0) is 17.4. The van der Waals surface area contributed by atoms with Gasteiger partial charge in [0.05, 0.1) is 9.80 Å². The highest BCUT2D eigenvalue weighted by Crippen LogP contribution is 2.28. The van der Waals surface area contributed by atoms with E-state index in [1.54, 1.807) is 6.07 Å². The number of aromatic nitrogens is 2. The van der Waals surface area contributed by atoms with E-state index in [2.05, 4.69) is 15.5 Å². The molecule has 25 heavy (non-hydrogen) atoms. The van der Waals surface area contributed by atoms with Crippen molar-refractivity contribution in [1.82, 2.24) is 10.2 Å². The number of hydrogen-bond donors (Lipinski definition) is 1. The second-order valence-electron chi connectivity index (χ2n) is 4.91. The third-order valence-electron chi connectivity index (χ3n) is 3.28. The zero-order valence-corrected chi connectivity index (χ0v) is 13.1. The molecule has 3 aromatic heterocycles. The maximum absolute atomic E-state index is 12.1. The maximum atomic E-state index is 12.1. The van der Waals surface area contributed by atoms with Crippen LogP contribution in [0, 0.1) is 10.1 Å². The average Bonchev–Trinajstić information content (AvgIpc) is 3.33. The molecule has 0 aliphatic heterocycles. The molecule has 0 bridgehead atoms. The highest BCUT2D eigenvalue weighted by molar-refractivity contribution is 7.17. The molecule has 0 spiro atoms. The monoisotopic (exact) mass is 356 g/mol. The topological polar surface area (TPSA) is 124 Å². The SMILES string of the molecule is O=C(Nc1nnc(-c2cc3ccccc3o2)o1)c1ccc([N+](=O)[O-])s1. The molecule has 0 saturated carbocycles. The van der Waals surface area contributed by atoms with Crippen molar-refractivity contribution in [3.63, 3.8) is 0 Å². The van der Waals surface area contributed by atoms with Gasteiger partial charge in [-0.25, -0.2) is 0 Å². The molecule has 0 unspecified atom stereocenters. The fourth-order valence-electron chi connectivity index (χ4n) is 2.17. The summed E-state index contributed by atoms with van der Waals surface area (Å²) in [6.07, 6.45) is 0. The smallest absolute Gasteiger partial charge is 0.324 e. The van der Waals surface area contributed by atoms with Gasteiger partial charge in [-0.1, -0.05) is 34.6 Å². The normalized spacial score (nSPS) is 10.9. The van der Waals surface area contributed by atoms with Gasteiger partial charge in [0.2, 0.25) is 0 Å². The van der Waals surface area contributed by atoms with Gasteiger partial charge in [0.1, 0.15) is 5.58 Å². The van der Waals surface area contributed by atoms with Crippen molar-refractivity contribution < 1.29 is 18.6 Å². The minimum Gasteiger partial charge on any atom is -0.451 e. The lowest BCUT2D eigenvalue weighted by Gasteiger charge is -1.95. The average molecular weight is 356 g/mol. The van der Waals surface area contributed by atoms with Gasteiger partial charge >= 0.3 is 11.0 Å². The van der Waals surface area contributed by atoms with Crippen LogP contribution in [0.5, 0.6) is 0 Å².